The summed E-state index contributed by atoms with van der Waals surface area (Å²) in [6.07, 6.45) is -0.572. The Morgan fingerprint density at radius 1 is 0.640 bits per heavy atom. The molecule has 1 aromatic rings. The van der Waals surface area contributed by atoms with Crippen molar-refractivity contribution in [2.45, 2.75) is 121 Å². The fourth-order valence-corrected chi connectivity index (χ4v) is 6.38. The van der Waals surface area contributed by atoms with Gasteiger partial charge in [0, 0.05) is 20.7 Å². The number of alkyl halides is 14. The lowest BCUT2D eigenvalue weighted by atomic mass is 9.88. The third-order valence-corrected chi connectivity index (χ3v) is 9.59. The topological polar surface area (TPSA) is 52.6 Å². The van der Waals surface area contributed by atoms with E-state index in [0.717, 1.165) is 35.4 Å². The van der Waals surface area contributed by atoms with Gasteiger partial charge in [0.1, 0.15) is 0 Å². The predicted molar refractivity (Wildman–Crippen MR) is 179 cm³/mol. The normalized spacial score (nSPS) is 14.6. The number of ether oxygens (including phenoxy) is 2. The minimum absolute atomic E-state index is 0.0350. The lowest BCUT2D eigenvalue weighted by Crippen LogP contribution is -2.70. The molecule has 0 amide bonds. The van der Waals surface area contributed by atoms with Gasteiger partial charge in [-0.2, -0.15) is 52.7 Å². The standard InChI is InChI=1S/C32H38F12I2O4/c1-3-5-7-9-17-49-25(47)21-13-15-22(16-14-21)26(48)50-18-10-8-12-24(46)20-28(35,36)30(39,40)32(43,44)31(41,42)29(37,38)27(33,34)19-23(45)11-6-4-2/h3,13-16,23-24H,1,4-12,17-20H2,2H3. The Hall–Kier alpha value is -1.48. The van der Waals surface area contributed by atoms with Crippen molar-refractivity contribution in [1.29, 1.82) is 0 Å². The number of esters is 2. The van der Waals surface area contributed by atoms with Gasteiger partial charge in [0.15, 0.2) is 0 Å². The summed E-state index contributed by atoms with van der Waals surface area (Å²) in [6, 6.07) is 5.20. The van der Waals surface area contributed by atoms with Crippen LogP contribution < -0.4 is 0 Å². The van der Waals surface area contributed by atoms with Crippen LogP contribution in [0.15, 0.2) is 36.9 Å². The van der Waals surface area contributed by atoms with Gasteiger partial charge in [-0.1, -0.05) is 71.0 Å². The first-order valence-corrected chi connectivity index (χ1v) is 18.0. The van der Waals surface area contributed by atoms with Crippen LogP contribution in [0.1, 0.15) is 98.3 Å². The van der Waals surface area contributed by atoms with E-state index in [2.05, 4.69) is 6.58 Å². The quantitative estimate of drug-likeness (QED) is 0.0259. The van der Waals surface area contributed by atoms with Gasteiger partial charge in [0.25, 0.3) is 0 Å². The van der Waals surface area contributed by atoms with Crippen LogP contribution in [-0.2, 0) is 9.47 Å². The zero-order valence-corrected chi connectivity index (χ0v) is 31.2. The first-order chi connectivity index (χ1) is 22.9. The Kier molecular flexibility index (Phi) is 18.2. The molecule has 0 saturated carbocycles. The lowest BCUT2D eigenvalue weighted by molar-refractivity contribution is -0.425. The van der Waals surface area contributed by atoms with Crippen molar-refractivity contribution in [3.8, 4) is 0 Å². The van der Waals surface area contributed by atoms with Crippen LogP contribution in [0.3, 0.4) is 0 Å². The molecular weight excluding hydrogens is 930 g/mol. The molecule has 0 spiro atoms. The molecule has 288 valence electrons. The Labute approximate surface area is 309 Å². The van der Waals surface area contributed by atoms with Crippen LogP contribution in [-0.4, -0.2) is 68.5 Å². The highest BCUT2D eigenvalue weighted by Gasteiger charge is 2.89. The minimum Gasteiger partial charge on any atom is -0.462 e. The van der Waals surface area contributed by atoms with Crippen molar-refractivity contribution >= 4 is 57.1 Å². The molecule has 0 aromatic heterocycles. The summed E-state index contributed by atoms with van der Waals surface area (Å²) in [6.45, 7) is 5.05. The van der Waals surface area contributed by atoms with Gasteiger partial charge in [-0.25, -0.2) is 9.59 Å². The second kappa shape index (κ2) is 19.6. The van der Waals surface area contributed by atoms with Gasteiger partial charge in [-0.05, 0) is 69.2 Å². The van der Waals surface area contributed by atoms with E-state index in [9.17, 15) is 62.3 Å². The Balaban J connectivity index is 2.74. The number of allylic oxidation sites excluding steroid dienone is 1. The molecule has 0 fully saturated rings. The van der Waals surface area contributed by atoms with E-state index < -0.39 is 74.6 Å². The SMILES string of the molecule is C=CCCCCOC(=O)c1ccc(C(=O)OCCCCC(I)CC(F)(F)C(F)(F)C(F)(F)C(F)(F)C(F)(F)C(F)(F)CC(I)CCCC)cc1. The van der Waals surface area contributed by atoms with Crippen LogP contribution in [0.5, 0.6) is 0 Å². The summed E-state index contributed by atoms with van der Waals surface area (Å²) in [5.74, 6) is -42.9. The van der Waals surface area contributed by atoms with Crippen LogP contribution >= 0.6 is 45.2 Å². The Bertz CT molecular complexity index is 1230. The number of halogens is 14. The van der Waals surface area contributed by atoms with Crippen molar-refractivity contribution in [2.24, 2.45) is 0 Å². The van der Waals surface area contributed by atoms with Crippen molar-refractivity contribution in [3.05, 3.63) is 48.0 Å². The number of unbranched alkanes of at least 4 members (excludes halogenated alkanes) is 4. The van der Waals surface area contributed by atoms with Gasteiger partial charge in [0.05, 0.1) is 24.3 Å². The molecule has 0 aliphatic heterocycles. The molecule has 0 heterocycles. The average Bonchev–Trinajstić information content (AvgIpc) is 3.02. The predicted octanol–water partition coefficient (Wildman–Crippen LogP) is 11.9. The molecule has 4 nitrogen and oxygen atoms in total. The molecule has 0 radical (unpaired) electrons. The Morgan fingerprint density at radius 3 is 1.36 bits per heavy atom. The highest BCUT2D eigenvalue weighted by Crippen LogP contribution is 2.61. The summed E-state index contributed by atoms with van der Waals surface area (Å²) in [5, 5.41) is 0. The maximum Gasteiger partial charge on any atom is 0.384 e. The largest absolute Gasteiger partial charge is 0.462 e. The molecular formula is C32H38F12I2O4. The van der Waals surface area contributed by atoms with E-state index >= 15 is 0 Å². The fraction of sp³-hybridized carbons (Fsp3) is 0.688. The maximum absolute atomic E-state index is 14.5. The second-order valence-electron chi connectivity index (χ2n) is 11.6. The highest BCUT2D eigenvalue weighted by molar-refractivity contribution is 14.1. The van der Waals surface area contributed by atoms with Gasteiger partial charge in [0.2, 0.25) is 0 Å². The van der Waals surface area contributed by atoms with Crippen LogP contribution in [0.25, 0.3) is 0 Å². The van der Waals surface area contributed by atoms with E-state index in [1.807, 2.05) is 0 Å². The van der Waals surface area contributed by atoms with Crippen LogP contribution in [0, 0.1) is 0 Å². The van der Waals surface area contributed by atoms with Crippen molar-refractivity contribution in [2.75, 3.05) is 13.2 Å². The number of hydrogen-bond donors (Lipinski definition) is 0. The maximum atomic E-state index is 14.5. The van der Waals surface area contributed by atoms with Gasteiger partial charge >= 0.3 is 47.5 Å². The van der Waals surface area contributed by atoms with E-state index in [1.165, 1.54) is 46.9 Å². The highest BCUT2D eigenvalue weighted by atomic mass is 127. The summed E-state index contributed by atoms with van der Waals surface area (Å²) < 4.78 is 179. The van der Waals surface area contributed by atoms with Crippen molar-refractivity contribution in [1.82, 2.24) is 0 Å². The van der Waals surface area contributed by atoms with Gasteiger partial charge in [-0.15, -0.1) is 6.58 Å². The van der Waals surface area contributed by atoms with Crippen LogP contribution in [0.2, 0.25) is 0 Å². The van der Waals surface area contributed by atoms with E-state index in [0.29, 0.717) is 12.8 Å². The van der Waals surface area contributed by atoms with Crippen molar-refractivity contribution < 1.29 is 71.7 Å². The summed E-state index contributed by atoms with van der Waals surface area (Å²) in [5.41, 5.74) is 0.203. The zero-order chi connectivity index (χ0) is 38.6. The molecule has 0 aliphatic rings. The summed E-state index contributed by atoms with van der Waals surface area (Å²) in [4.78, 5) is 24.3. The minimum atomic E-state index is -7.59. The molecule has 0 saturated heterocycles. The molecule has 2 unspecified atom stereocenters. The number of benzene rings is 1. The molecule has 0 aliphatic carbocycles. The molecule has 0 N–H and O–H groups in total. The monoisotopic (exact) mass is 968 g/mol. The second-order valence-corrected chi connectivity index (χ2v) is 15.1. The third-order valence-electron chi connectivity index (χ3n) is 7.47. The average molecular weight is 968 g/mol. The molecule has 0 bridgehead atoms. The molecule has 50 heavy (non-hydrogen) atoms. The Morgan fingerprint density at radius 2 is 1.00 bits per heavy atom. The van der Waals surface area contributed by atoms with E-state index in [1.54, 1.807) is 13.0 Å². The van der Waals surface area contributed by atoms with Gasteiger partial charge in [-0.3, -0.25) is 0 Å². The smallest absolute Gasteiger partial charge is 0.384 e. The number of hydrogen-bond acceptors (Lipinski definition) is 4. The van der Waals surface area contributed by atoms with Gasteiger partial charge < -0.3 is 9.47 Å². The zero-order valence-electron chi connectivity index (χ0n) is 26.9. The first kappa shape index (κ1) is 46.5. The van der Waals surface area contributed by atoms with Crippen molar-refractivity contribution in [3.63, 3.8) is 0 Å². The third kappa shape index (κ3) is 11.8. The first-order valence-electron chi connectivity index (χ1n) is 15.5. The molecule has 2 atom stereocenters. The number of rotatable bonds is 24. The summed E-state index contributed by atoms with van der Waals surface area (Å²) >= 11 is 2.34. The molecule has 1 rings (SSSR count). The van der Waals surface area contributed by atoms with E-state index in [4.69, 9.17) is 9.47 Å². The molecule has 18 heteroatoms. The van der Waals surface area contributed by atoms with Crippen LogP contribution in [0.4, 0.5) is 52.7 Å². The summed E-state index contributed by atoms with van der Waals surface area (Å²) in [7, 11) is 0. The number of carbonyl (C=O) groups excluding carboxylic acids is 2. The lowest BCUT2D eigenvalue weighted by Gasteiger charge is -2.42. The van der Waals surface area contributed by atoms with E-state index in [-0.39, 0.29) is 50.0 Å². The molecule has 1 aromatic carbocycles. The fourth-order valence-electron chi connectivity index (χ4n) is 4.39. The number of carbonyl (C=O) groups is 2.